The molecule has 1 N–H and O–H groups in total. The number of anilines is 1. The topological polar surface area (TPSA) is 54.5 Å². The van der Waals surface area contributed by atoms with Crippen LogP contribution in [-0.4, -0.2) is 29.0 Å². The van der Waals surface area contributed by atoms with Crippen molar-refractivity contribution >= 4 is 11.8 Å². The second-order valence-electron chi connectivity index (χ2n) is 5.15. The first kappa shape index (κ1) is 16.5. The van der Waals surface area contributed by atoms with Crippen molar-refractivity contribution < 1.29 is 9.53 Å². The number of amides is 2. The molecule has 2 heterocycles. The van der Waals surface area contributed by atoms with Gasteiger partial charge in [-0.25, -0.2) is 9.78 Å². The lowest BCUT2D eigenvalue weighted by molar-refractivity contribution is 0.222. The van der Waals surface area contributed by atoms with Crippen molar-refractivity contribution in [3.63, 3.8) is 0 Å². The molecule has 0 spiro atoms. The zero-order valence-electron chi connectivity index (χ0n) is 13.1. The van der Waals surface area contributed by atoms with Crippen molar-refractivity contribution in [2.45, 2.75) is 12.8 Å². The zero-order valence-corrected chi connectivity index (χ0v) is 13.1. The monoisotopic (exact) mass is 311 g/mol. The van der Waals surface area contributed by atoms with Crippen LogP contribution in [-0.2, 0) is 0 Å². The number of aromatic nitrogens is 1. The number of allylic oxidation sites excluding steroid dienone is 3. The van der Waals surface area contributed by atoms with E-state index < -0.39 is 0 Å². The lowest BCUT2D eigenvalue weighted by atomic mass is 10.2. The highest BCUT2D eigenvalue weighted by atomic mass is 16.5. The molecule has 1 aliphatic rings. The third kappa shape index (κ3) is 4.85. The fraction of sp³-hybridized carbons (Fsp3) is 0.222. The molecule has 1 aromatic heterocycles. The van der Waals surface area contributed by atoms with E-state index in [1.165, 1.54) is 0 Å². The van der Waals surface area contributed by atoms with Crippen molar-refractivity contribution in [2.75, 3.05) is 18.4 Å². The van der Waals surface area contributed by atoms with E-state index in [1.807, 2.05) is 0 Å². The summed E-state index contributed by atoms with van der Waals surface area (Å²) in [5.41, 5.74) is 0.643. The summed E-state index contributed by atoms with van der Waals surface area (Å²) in [5, 5.41) is 2.78. The third-order valence-electron chi connectivity index (χ3n) is 3.39. The zero-order chi connectivity index (χ0) is 16.7. The van der Waals surface area contributed by atoms with Crippen LogP contribution in [0.15, 0.2) is 67.6 Å². The highest BCUT2D eigenvalue weighted by molar-refractivity contribution is 5.88. The summed E-state index contributed by atoms with van der Waals surface area (Å²) in [6.07, 6.45) is 8.83. The number of hydrogen-bond donors (Lipinski definition) is 1. The van der Waals surface area contributed by atoms with Gasteiger partial charge in [0.2, 0.25) is 0 Å². The molecule has 1 aromatic rings. The van der Waals surface area contributed by atoms with Crippen LogP contribution < -0.4 is 10.1 Å². The van der Waals surface area contributed by atoms with Gasteiger partial charge in [-0.2, -0.15) is 0 Å². The predicted molar refractivity (Wildman–Crippen MR) is 92.3 cm³/mol. The lowest BCUT2D eigenvalue weighted by Crippen LogP contribution is -2.32. The Kier molecular flexibility index (Phi) is 5.74. The number of carbonyl (C=O) groups excluding carboxylic acids is 1. The largest absolute Gasteiger partial charge is 0.457 e. The van der Waals surface area contributed by atoms with Gasteiger partial charge in [-0.1, -0.05) is 38.0 Å². The number of urea groups is 1. The Balaban J connectivity index is 1.97. The minimum absolute atomic E-state index is 0.135. The van der Waals surface area contributed by atoms with Gasteiger partial charge in [-0.05, 0) is 18.9 Å². The maximum atomic E-state index is 12.1. The minimum atomic E-state index is -0.135. The summed E-state index contributed by atoms with van der Waals surface area (Å²) in [5.74, 6) is 1.40. The van der Waals surface area contributed by atoms with Crippen LogP contribution in [0.2, 0.25) is 0 Å². The second kappa shape index (κ2) is 7.98. The number of hydrogen-bond acceptors (Lipinski definition) is 3. The number of rotatable bonds is 6. The Morgan fingerprint density at radius 1 is 1.35 bits per heavy atom. The van der Waals surface area contributed by atoms with Gasteiger partial charge in [0, 0.05) is 30.9 Å². The van der Waals surface area contributed by atoms with Crippen LogP contribution in [0, 0.1) is 0 Å². The molecular weight excluding hydrogens is 290 g/mol. The van der Waals surface area contributed by atoms with E-state index in [4.69, 9.17) is 4.74 Å². The quantitative estimate of drug-likeness (QED) is 0.640. The smallest absolute Gasteiger partial charge is 0.323 e. The fourth-order valence-electron chi connectivity index (χ4n) is 2.14. The first-order valence-electron chi connectivity index (χ1n) is 7.47. The molecule has 0 aliphatic carbocycles. The molecule has 5 nitrogen and oxygen atoms in total. The van der Waals surface area contributed by atoms with Crippen LogP contribution in [0.4, 0.5) is 10.6 Å². The summed E-state index contributed by atoms with van der Waals surface area (Å²) in [7, 11) is 0. The summed E-state index contributed by atoms with van der Waals surface area (Å²) < 4.78 is 5.64. The number of nitrogens with one attached hydrogen (secondary N) is 1. The minimum Gasteiger partial charge on any atom is -0.457 e. The van der Waals surface area contributed by atoms with Crippen LogP contribution in [0.3, 0.4) is 0 Å². The van der Waals surface area contributed by atoms with Crippen LogP contribution in [0.5, 0.6) is 5.75 Å². The Bertz CT molecular complexity index is 643. The van der Waals surface area contributed by atoms with Crippen molar-refractivity contribution in [3.8, 4) is 5.75 Å². The number of carbonyl (C=O) groups is 1. The van der Waals surface area contributed by atoms with Crippen molar-refractivity contribution in [2.24, 2.45) is 0 Å². The number of pyridine rings is 1. The Labute approximate surface area is 136 Å². The second-order valence-corrected chi connectivity index (χ2v) is 5.15. The molecule has 1 aliphatic heterocycles. The molecule has 0 saturated carbocycles. The fourth-order valence-corrected chi connectivity index (χ4v) is 2.14. The first-order chi connectivity index (χ1) is 11.1. The van der Waals surface area contributed by atoms with Gasteiger partial charge in [-0.15, -0.1) is 0 Å². The van der Waals surface area contributed by atoms with Gasteiger partial charge < -0.3 is 9.64 Å². The van der Waals surface area contributed by atoms with E-state index in [0.717, 1.165) is 25.9 Å². The van der Waals surface area contributed by atoms with Gasteiger partial charge in [0.15, 0.2) is 0 Å². The van der Waals surface area contributed by atoms with Gasteiger partial charge in [0.05, 0.1) is 0 Å². The number of ether oxygens (including phenoxy) is 1. The van der Waals surface area contributed by atoms with Crippen molar-refractivity contribution in [3.05, 3.63) is 67.6 Å². The van der Waals surface area contributed by atoms with E-state index >= 15 is 0 Å². The average Bonchev–Trinajstić information content (AvgIpc) is 3.07. The molecule has 0 atom stereocenters. The number of nitrogens with zero attached hydrogens (tertiary/aromatic N) is 2. The molecule has 0 aromatic carbocycles. The molecule has 0 unspecified atom stereocenters. The molecule has 1 fully saturated rings. The van der Waals surface area contributed by atoms with Gasteiger partial charge in [0.25, 0.3) is 0 Å². The van der Waals surface area contributed by atoms with E-state index in [0.29, 0.717) is 22.9 Å². The molecule has 2 rings (SSSR count). The molecule has 1 saturated heterocycles. The van der Waals surface area contributed by atoms with Gasteiger partial charge >= 0.3 is 6.03 Å². The molecule has 0 radical (unpaired) electrons. The summed E-state index contributed by atoms with van der Waals surface area (Å²) in [4.78, 5) is 18.0. The van der Waals surface area contributed by atoms with Gasteiger partial charge in [-0.3, -0.25) is 5.32 Å². The average molecular weight is 311 g/mol. The van der Waals surface area contributed by atoms with E-state index in [2.05, 4.69) is 30.0 Å². The summed E-state index contributed by atoms with van der Waals surface area (Å²) >= 11 is 0. The highest BCUT2D eigenvalue weighted by Gasteiger charge is 2.18. The van der Waals surface area contributed by atoms with Crippen LogP contribution >= 0.6 is 0 Å². The molecule has 23 heavy (non-hydrogen) atoms. The maximum Gasteiger partial charge on any atom is 0.323 e. The molecular formula is C18H21N3O2. The van der Waals surface area contributed by atoms with Gasteiger partial charge in [0.1, 0.15) is 17.3 Å². The molecule has 2 amide bonds. The lowest BCUT2D eigenvalue weighted by Gasteiger charge is -2.16. The maximum absolute atomic E-state index is 12.1. The van der Waals surface area contributed by atoms with E-state index in [1.54, 1.807) is 41.5 Å². The van der Waals surface area contributed by atoms with E-state index in [-0.39, 0.29) is 6.03 Å². The van der Waals surface area contributed by atoms with Crippen molar-refractivity contribution in [1.29, 1.82) is 0 Å². The Morgan fingerprint density at radius 2 is 2.09 bits per heavy atom. The van der Waals surface area contributed by atoms with Crippen LogP contribution in [0.25, 0.3) is 0 Å². The predicted octanol–water partition coefficient (Wildman–Crippen LogP) is 3.90. The highest BCUT2D eigenvalue weighted by Crippen LogP contribution is 2.20. The summed E-state index contributed by atoms with van der Waals surface area (Å²) in [6.45, 7) is 12.9. The third-order valence-corrected chi connectivity index (χ3v) is 3.39. The first-order valence-corrected chi connectivity index (χ1v) is 7.47. The molecule has 0 bridgehead atoms. The van der Waals surface area contributed by atoms with Crippen molar-refractivity contribution in [1.82, 2.24) is 9.88 Å². The molecule has 120 valence electrons. The molecule has 5 heteroatoms. The standard InChI is InChI=1S/C18H21N3O2/c1-4-5-8-14(2)15(3)23-16-9-10-19-17(13-16)20-18(22)21-11-6-7-12-21/h4-5,8-10,13H,1-3,6-7,11-12H2,(H,19,20,22). The van der Waals surface area contributed by atoms with Crippen LogP contribution in [0.1, 0.15) is 12.8 Å². The SMILES string of the molecule is C=CC=CC(=C)C(=C)Oc1ccnc(NC(=O)N2CCCC2)c1. The Morgan fingerprint density at radius 3 is 2.78 bits per heavy atom. The summed E-state index contributed by atoms with van der Waals surface area (Å²) in [6, 6.07) is 3.22. The Hall–Kier alpha value is -2.82. The number of likely N-dealkylation sites (tertiary alicyclic amines) is 1. The normalized spacial score (nSPS) is 13.8. The van der Waals surface area contributed by atoms with E-state index in [9.17, 15) is 4.79 Å².